The number of hydrogen-bond acceptors (Lipinski definition) is 11. The van der Waals surface area contributed by atoms with Gasteiger partial charge in [0.05, 0.1) is 11.1 Å². The van der Waals surface area contributed by atoms with E-state index in [-0.39, 0.29) is 27.2 Å². The molecule has 44 heavy (non-hydrogen) atoms. The first kappa shape index (κ1) is 29.0. The second-order valence-corrected chi connectivity index (χ2v) is 8.89. The third-order valence-corrected chi connectivity index (χ3v) is 6.02. The van der Waals surface area contributed by atoms with Crippen molar-refractivity contribution in [1.29, 1.82) is 0 Å². The van der Waals surface area contributed by atoms with E-state index in [1.54, 1.807) is 72.8 Å². The van der Waals surface area contributed by atoms with E-state index in [0.717, 1.165) is 0 Å². The van der Waals surface area contributed by atoms with Gasteiger partial charge in [-0.25, -0.2) is 9.59 Å². The number of Topliss-reactive ketones (excluding diaryl/α,β-unsaturated/α-hetero) is 2. The molecule has 5 aromatic rings. The highest BCUT2D eigenvalue weighted by Crippen LogP contribution is 2.16. The number of carbonyl (C=O) groups excluding carboxylic acids is 4. The summed E-state index contributed by atoms with van der Waals surface area (Å²) in [5, 5.41) is 24.1. The van der Waals surface area contributed by atoms with Crippen molar-refractivity contribution in [2.75, 3.05) is 0 Å². The number of rotatable bonds is 10. The summed E-state index contributed by atoms with van der Waals surface area (Å²) in [5.41, 5.74) is -2.37. The van der Waals surface area contributed by atoms with E-state index in [0.29, 0.717) is 0 Å². The Bertz CT molecular complexity index is 1870. The highest BCUT2D eigenvalue weighted by molar-refractivity contribution is 6.55. The van der Waals surface area contributed by atoms with Crippen LogP contribution in [0.1, 0.15) is 52.8 Å². The van der Waals surface area contributed by atoms with Crippen LogP contribution in [0.5, 0.6) is 0 Å². The molecule has 0 unspecified atom stereocenters. The molecule has 216 valence electrons. The van der Waals surface area contributed by atoms with Gasteiger partial charge in [0.25, 0.3) is 11.4 Å². The van der Waals surface area contributed by atoms with Crippen molar-refractivity contribution in [3.8, 4) is 0 Å². The molecule has 0 fully saturated rings. The number of nitrogens with zero attached hydrogens (tertiary/aromatic N) is 4. The summed E-state index contributed by atoms with van der Waals surface area (Å²) in [7, 11) is 0. The van der Waals surface area contributed by atoms with Crippen LogP contribution in [-0.4, -0.2) is 40.1 Å². The van der Waals surface area contributed by atoms with Crippen molar-refractivity contribution in [3.63, 3.8) is 0 Å². The first-order chi connectivity index (χ1) is 21.4. The van der Waals surface area contributed by atoms with Crippen LogP contribution in [0.3, 0.4) is 0 Å². The van der Waals surface area contributed by atoms with Crippen molar-refractivity contribution in [1.82, 2.24) is 5.16 Å². The van der Waals surface area contributed by atoms with E-state index in [9.17, 15) is 24.4 Å². The zero-order chi connectivity index (χ0) is 30.9. The Labute approximate surface area is 249 Å². The van der Waals surface area contributed by atoms with E-state index < -0.39 is 46.3 Å². The minimum Gasteiger partial charge on any atom is -0.359 e. The summed E-state index contributed by atoms with van der Waals surface area (Å²) in [5.74, 6) is -3.58. The van der Waals surface area contributed by atoms with E-state index in [4.69, 9.17) is 14.3 Å². The van der Waals surface area contributed by atoms with Gasteiger partial charge in [-0.05, 0) is 29.2 Å². The van der Waals surface area contributed by atoms with Crippen LogP contribution in [0, 0.1) is 5.21 Å². The molecule has 0 amide bonds. The van der Waals surface area contributed by atoms with Crippen molar-refractivity contribution < 1.29 is 38.4 Å². The zero-order valence-electron chi connectivity index (χ0n) is 22.6. The molecule has 0 aliphatic carbocycles. The summed E-state index contributed by atoms with van der Waals surface area (Å²) in [6.07, 6.45) is 0. The second-order valence-electron chi connectivity index (χ2n) is 8.89. The molecule has 12 nitrogen and oxygen atoms in total. The fraction of sp³-hybridized carbons (Fsp3) is 0. The summed E-state index contributed by atoms with van der Waals surface area (Å²) >= 11 is 0. The van der Waals surface area contributed by atoms with Crippen LogP contribution < -0.4 is 4.90 Å². The van der Waals surface area contributed by atoms with Gasteiger partial charge in [-0.15, -0.1) is 0 Å². The van der Waals surface area contributed by atoms with Crippen LogP contribution >= 0.6 is 0 Å². The maximum atomic E-state index is 13.7. The Kier molecular flexibility index (Phi) is 8.82. The Morgan fingerprint density at radius 2 is 0.932 bits per heavy atom. The SMILES string of the molecule is O=C(O/N=C(\C(=O)c1ccccc1)c1c(/C(=N\OC(=O)c2ccccc2)C(=O)c2ccccc2)no[n+]1[O-])c1ccccc1. The highest BCUT2D eigenvalue weighted by Gasteiger charge is 2.38. The lowest BCUT2D eigenvalue weighted by Gasteiger charge is -2.06. The van der Waals surface area contributed by atoms with Crippen LogP contribution in [0.2, 0.25) is 0 Å². The van der Waals surface area contributed by atoms with Gasteiger partial charge in [0, 0.05) is 16.3 Å². The molecule has 0 saturated carbocycles. The van der Waals surface area contributed by atoms with Gasteiger partial charge in [-0.1, -0.05) is 107 Å². The smallest absolute Gasteiger partial charge is 0.359 e. The van der Waals surface area contributed by atoms with Crippen molar-refractivity contribution in [3.05, 3.63) is 160 Å². The normalized spacial score (nSPS) is 11.5. The lowest BCUT2D eigenvalue weighted by molar-refractivity contribution is -0.803. The van der Waals surface area contributed by atoms with Crippen molar-refractivity contribution >= 4 is 34.9 Å². The Morgan fingerprint density at radius 1 is 0.568 bits per heavy atom. The quantitative estimate of drug-likeness (QED) is 0.0764. The molecule has 0 radical (unpaired) electrons. The molecule has 0 saturated heterocycles. The summed E-state index contributed by atoms with van der Waals surface area (Å²) < 4.78 is 4.78. The largest absolute Gasteiger partial charge is 0.365 e. The minimum atomic E-state index is -0.939. The molecule has 0 aliphatic heterocycles. The van der Waals surface area contributed by atoms with Gasteiger partial charge >= 0.3 is 11.9 Å². The average molecular weight is 589 g/mol. The predicted octanol–water partition coefficient (Wildman–Crippen LogP) is 4.20. The van der Waals surface area contributed by atoms with E-state index in [1.165, 1.54) is 48.5 Å². The number of benzene rings is 4. The summed E-state index contributed by atoms with van der Waals surface area (Å²) in [4.78, 5) is 62.6. The molecule has 0 spiro atoms. The standard InChI is InChI=1S/C32H20N4O8/c37-29(21-13-5-1-6-14-21)26(33-42-31(39)23-17-9-3-10-18-23)25-28(36(41)44-35-25)27(30(38)22-15-7-2-8-16-22)34-43-32(40)24-19-11-4-12-20-24/h1-20H/b33-26+,34-27-. The van der Waals surface area contributed by atoms with Gasteiger partial charge in [-0.2, -0.15) is 0 Å². The van der Waals surface area contributed by atoms with Crippen molar-refractivity contribution in [2.24, 2.45) is 10.3 Å². The number of ketones is 2. The van der Waals surface area contributed by atoms with Crippen LogP contribution in [-0.2, 0) is 9.68 Å². The van der Waals surface area contributed by atoms with Crippen LogP contribution in [0.25, 0.3) is 0 Å². The van der Waals surface area contributed by atoms with Crippen LogP contribution in [0.15, 0.2) is 136 Å². The monoisotopic (exact) mass is 588 g/mol. The van der Waals surface area contributed by atoms with Gasteiger partial charge in [0.2, 0.25) is 23.0 Å². The molecule has 5 rings (SSSR count). The topological polar surface area (TPSA) is 164 Å². The summed E-state index contributed by atoms with van der Waals surface area (Å²) in [6, 6.07) is 31.0. The van der Waals surface area contributed by atoms with Gasteiger partial charge in [-0.3, -0.25) is 14.2 Å². The second kappa shape index (κ2) is 13.4. The maximum Gasteiger partial charge on any atom is 0.365 e. The van der Waals surface area contributed by atoms with Crippen molar-refractivity contribution in [2.45, 2.75) is 0 Å². The number of carbonyl (C=O) groups is 4. The molecule has 0 N–H and O–H groups in total. The molecule has 1 aromatic heterocycles. The fourth-order valence-electron chi connectivity index (χ4n) is 3.87. The molecule has 1 heterocycles. The molecule has 0 aliphatic rings. The number of aromatic nitrogens is 2. The molecule has 12 heteroatoms. The van der Waals surface area contributed by atoms with E-state index in [2.05, 4.69) is 15.5 Å². The van der Waals surface area contributed by atoms with E-state index >= 15 is 0 Å². The van der Waals surface area contributed by atoms with Crippen LogP contribution in [0.4, 0.5) is 0 Å². The molecule has 4 aromatic carbocycles. The zero-order valence-corrected chi connectivity index (χ0v) is 22.6. The Hall–Kier alpha value is -6.56. The molecule has 0 atom stereocenters. The number of oxime groups is 2. The summed E-state index contributed by atoms with van der Waals surface area (Å²) in [6.45, 7) is 0. The van der Waals surface area contributed by atoms with Gasteiger partial charge in [0.1, 0.15) is 0 Å². The number of hydrogen-bond donors (Lipinski definition) is 0. The Balaban J connectivity index is 1.63. The minimum absolute atomic E-state index is 0.0533. The lowest BCUT2D eigenvalue weighted by atomic mass is 9.99. The fourth-order valence-corrected chi connectivity index (χ4v) is 3.87. The average Bonchev–Trinajstić information content (AvgIpc) is 3.46. The predicted molar refractivity (Wildman–Crippen MR) is 154 cm³/mol. The molecule has 0 bridgehead atoms. The lowest BCUT2D eigenvalue weighted by Crippen LogP contribution is -2.37. The third-order valence-electron chi connectivity index (χ3n) is 6.02. The van der Waals surface area contributed by atoms with Gasteiger partial charge < -0.3 is 14.9 Å². The van der Waals surface area contributed by atoms with Gasteiger partial charge in [0.15, 0.2) is 0 Å². The maximum absolute atomic E-state index is 13.7. The molecular formula is C32H20N4O8. The van der Waals surface area contributed by atoms with E-state index in [1.807, 2.05) is 0 Å². The highest BCUT2D eigenvalue weighted by atomic mass is 16.8. The Morgan fingerprint density at radius 3 is 1.36 bits per heavy atom. The first-order valence-corrected chi connectivity index (χ1v) is 12.9. The molecular weight excluding hydrogens is 568 g/mol. The first-order valence-electron chi connectivity index (χ1n) is 12.9. The third kappa shape index (κ3) is 6.50.